The molecular weight excluding hydrogens is 308 g/mol. The zero-order chi connectivity index (χ0) is 16.1. The lowest BCUT2D eigenvalue weighted by Gasteiger charge is -2.17. The second-order valence-electron chi connectivity index (χ2n) is 5.79. The van der Waals surface area contributed by atoms with Gasteiger partial charge in [-0.3, -0.25) is 9.79 Å². The number of amidine groups is 1. The second-order valence-corrected chi connectivity index (χ2v) is 6.82. The first-order chi connectivity index (χ1) is 11.2. The topological polar surface area (TPSA) is 50.7 Å². The standard InChI is InChI=1S/C18H22N2O2S/c1-2-22-15-10-8-13(9-11-15)12-16-17(21)20-18(23-16)19-14-6-4-3-5-7-14/h8-12,14H,2-7H2,1H3,(H,19,20,21). The van der Waals surface area contributed by atoms with Gasteiger partial charge in [0.15, 0.2) is 5.17 Å². The van der Waals surface area contributed by atoms with Gasteiger partial charge in [0.05, 0.1) is 17.6 Å². The largest absolute Gasteiger partial charge is 0.494 e. The van der Waals surface area contributed by atoms with Crippen molar-refractivity contribution in [3.05, 3.63) is 34.7 Å². The zero-order valence-corrected chi connectivity index (χ0v) is 14.2. The molecule has 2 fully saturated rings. The van der Waals surface area contributed by atoms with Gasteiger partial charge in [-0.15, -0.1) is 0 Å². The Morgan fingerprint density at radius 1 is 1.26 bits per heavy atom. The van der Waals surface area contributed by atoms with E-state index in [0.717, 1.165) is 29.3 Å². The molecule has 0 bridgehead atoms. The van der Waals surface area contributed by atoms with Crippen LogP contribution in [0.5, 0.6) is 5.75 Å². The summed E-state index contributed by atoms with van der Waals surface area (Å²) in [6, 6.07) is 8.13. The summed E-state index contributed by atoms with van der Waals surface area (Å²) in [4.78, 5) is 17.5. The molecule has 0 spiro atoms. The van der Waals surface area contributed by atoms with E-state index in [4.69, 9.17) is 9.73 Å². The summed E-state index contributed by atoms with van der Waals surface area (Å²) in [6.45, 7) is 2.61. The molecule has 1 N–H and O–H groups in total. The van der Waals surface area contributed by atoms with Crippen LogP contribution >= 0.6 is 11.8 Å². The van der Waals surface area contributed by atoms with E-state index in [1.165, 1.54) is 31.0 Å². The van der Waals surface area contributed by atoms with Crippen molar-refractivity contribution in [3.63, 3.8) is 0 Å². The number of ether oxygens (including phenoxy) is 1. The minimum absolute atomic E-state index is 0.0570. The van der Waals surface area contributed by atoms with Crippen molar-refractivity contribution >= 4 is 28.9 Å². The Balaban J connectivity index is 1.68. The van der Waals surface area contributed by atoms with E-state index < -0.39 is 0 Å². The fourth-order valence-corrected chi connectivity index (χ4v) is 3.74. The number of hydrogen-bond acceptors (Lipinski definition) is 4. The highest BCUT2D eigenvalue weighted by atomic mass is 32.2. The van der Waals surface area contributed by atoms with Crippen molar-refractivity contribution in [1.82, 2.24) is 5.32 Å². The Morgan fingerprint density at radius 2 is 2.00 bits per heavy atom. The van der Waals surface area contributed by atoms with Crippen LogP contribution in [-0.4, -0.2) is 23.7 Å². The normalized spacial score (nSPS) is 22.6. The Hall–Kier alpha value is -1.75. The first-order valence-corrected chi connectivity index (χ1v) is 9.08. The van der Waals surface area contributed by atoms with Gasteiger partial charge in [0, 0.05) is 0 Å². The summed E-state index contributed by atoms with van der Waals surface area (Å²) < 4.78 is 5.43. The van der Waals surface area contributed by atoms with Crippen LogP contribution in [0.2, 0.25) is 0 Å². The number of thioether (sulfide) groups is 1. The van der Waals surface area contributed by atoms with Gasteiger partial charge < -0.3 is 10.1 Å². The Morgan fingerprint density at radius 3 is 2.70 bits per heavy atom. The number of hydrogen-bond donors (Lipinski definition) is 1. The number of nitrogens with zero attached hydrogens (tertiary/aromatic N) is 1. The van der Waals surface area contributed by atoms with Crippen molar-refractivity contribution in [2.75, 3.05) is 6.61 Å². The van der Waals surface area contributed by atoms with Crippen molar-refractivity contribution in [3.8, 4) is 5.75 Å². The maximum atomic E-state index is 12.1. The third kappa shape index (κ3) is 4.38. The molecule has 1 aromatic rings. The van der Waals surface area contributed by atoms with Gasteiger partial charge in [0.2, 0.25) is 0 Å². The van der Waals surface area contributed by atoms with Crippen LogP contribution in [0.15, 0.2) is 34.2 Å². The van der Waals surface area contributed by atoms with E-state index in [2.05, 4.69) is 5.32 Å². The smallest absolute Gasteiger partial charge is 0.264 e. The van der Waals surface area contributed by atoms with Gasteiger partial charge in [-0.1, -0.05) is 31.4 Å². The predicted octanol–water partition coefficient (Wildman–Crippen LogP) is 3.98. The van der Waals surface area contributed by atoms with Gasteiger partial charge in [-0.2, -0.15) is 0 Å². The molecule has 5 heteroatoms. The number of aliphatic imine (C=N–C) groups is 1. The molecule has 1 saturated heterocycles. The fourth-order valence-electron chi connectivity index (χ4n) is 2.84. The van der Waals surface area contributed by atoms with Crippen LogP contribution < -0.4 is 10.1 Å². The summed E-state index contributed by atoms with van der Waals surface area (Å²) in [5.41, 5.74) is 0.991. The monoisotopic (exact) mass is 330 g/mol. The Bertz CT molecular complexity index is 616. The number of benzene rings is 1. The zero-order valence-electron chi connectivity index (χ0n) is 13.4. The number of carbonyl (C=O) groups excluding carboxylic acids is 1. The molecule has 0 unspecified atom stereocenters. The van der Waals surface area contributed by atoms with E-state index in [0.29, 0.717) is 17.6 Å². The van der Waals surface area contributed by atoms with Crippen molar-refractivity contribution in [2.45, 2.75) is 45.1 Å². The number of nitrogens with one attached hydrogen (secondary N) is 1. The SMILES string of the molecule is CCOc1ccc(C=C2SC(=NC3CCCCC3)NC2=O)cc1. The molecule has 1 amide bonds. The molecule has 0 radical (unpaired) electrons. The molecule has 4 nitrogen and oxygen atoms in total. The lowest BCUT2D eigenvalue weighted by Crippen LogP contribution is -2.22. The van der Waals surface area contributed by atoms with Gasteiger partial charge in [-0.25, -0.2) is 0 Å². The Labute approximate surface area is 141 Å². The molecule has 1 saturated carbocycles. The highest BCUT2D eigenvalue weighted by molar-refractivity contribution is 8.18. The minimum Gasteiger partial charge on any atom is -0.494 e. The third-order valence-electron chi connectivity index (χ3n) is 4.01. The van der Waals surface area contributed by atoms with E-state index >= 15 is 0 Å². The van der Waals surface area contributed by atoms with E-state index in [-0.39, 0.29) is 5.91 Å². The number of carbonyl (C=O) groups is 1. The molecule has 2 aliphatic rings. The lowest BCUT2D eigenvalue weighted by atomic mass is 9.96. The molecule has 1 aliphatic heterocycles. The van der Waals surface area contributed by atoms with Crippen molar-refractivity contribution in [2.24, 2.45) is 4.99 Å². The maximum Gasteiger partial charge on any atom is 0.264 e. The second kappa shape index (κ2) is 7.68. The molecule has 1 heterocycles. The molecule has 23 heavy (non-hydrogen) atoms. The highest BCUT2D eigenvalue weighted by Crippen LogP contribution is 2.29. The van der Waals surface area contributed by atoms with Crippen LogP contribution in [0.3, 0.4) is 0 Å². The maximum absolute atomic E-state index is 12.1. The van der Waals surface area contributed by atoms with Gasteiger partial charge in [-0.05, 0) is 55.3 Å². The summed E-state index contributed by atoms with van der Waals surface area (Å²) in [5.74, 6) is 0.788. The van der Waals surface area contributed by atoms with Crippen LogP contribution in [-0.2, 0) is 4.79 Å². The van der Waals surface area contributed by atoms with Gasteiger partial charge in [0.1, 0.15) is 5.75 Å². The summed E-state index contributed by atoms with van der Waals surface area (Å²) in [7, 11) is 0. The van der Waals surface area contributed by atoms with Crippen LogP contribution in [0.1, 0.15) is 44.6 Å². The van der Waals surface area contributed by atoms with Crippen molar-refractivity contribution < 1.29 is 9.53 Å². The molecule has 122 valence electrons. The first-order valence-electron chi connectivity index (χ1n) is 8.26. The highest BCUT2D eigenvalue weighted by Gasteiger charge is 2.25. The molecule has 0 aromatic heterocycles. The van der Waals surface area contributed by atoms with Gasteiger partial charge >= 0.3 is 0 Å². The average Bonchev–Trinajstić information content (AvgIpc) is 2.90. The van der Waals surface area contributed by atoms with Crippen molar-refractivity contribution in [1.29, 1.82) is 0 Å². The van der Waals surface area contributed by atoms with Crippen LogP contribution in [0, 0.1) is 0 Å². The summed E-state index contributed by atoms with van der Waals surface area (Å²) >= 11 is 1.44. The van der Waals surface area contributed by atoms with E-state index in [1.807, 2.05) is 37.3 Å². The van der Waals surface area contributed by atoms with E-state index in [1.54, 1.807) is 0 Å². The van der Waals surface area contributed by atoms with E-state index in [9.17, 15) is 4.79 Å². The Kier molecular flexibility index (Phi) is 5.39. The number of amides is 1. The average molecular weight is 330 g/mol. The summed E-state index contributed by atoms with van der Waals surface area (Å²) in [5, 5.41) is 3.63. The first kappa shape index (κ1) is 16.1. The van der Waals surface area contributed by atoms with Gasteiger partial charge in [0.25, 0.3) is 5.91 Å². The molecular formula is C18H22N2O2S. The number of rotatable bonds is 4. The van der Waals surface area contributed by atoms with Crippen LogP contribution in [0.25, 0.3) is 6.08 Å². The third-order valence-corrected chi connectivity index (χ3v) is 4.94. The predicted molar refractivity (Wildman–Crippen MR) is 95.6 cm³/mol. The fraction of sp³-hybridized carbons (Fsp3) is 0.444. The molecule has 0 atom stereocenters. The molecule has 1 aromatic carbocycles. The quantitative estimate of drug-likeness (QED) is 0.850. The minimum atomic E-state index is -0.0570. The lowest BCUT2D eigenvalue weighted by molar-refractivity contribution is -0.115. The summed E-state index contributed by atoms with van der Waals surface area (Å²) in [6.07, 6.45) is 7.97. The molecule has 1 aliphatic carbocycles. The van der Waals surface area contributed by atoms with Crippen LogP contribution in [0.4, 0.5) is 0 Å². The molecule has 3 rings (SSSR count).